The summed E-state index contributed by atoms with van der Waals surface area (Å²) in [5.74, 6) is 1.50. The smallest absolute Gasteiger partial charge is 0.0548 e. The molecule has 0 radical (unpaired) electrons. The van der Waals surface area contributed by atoms with Crippen molar-refractivity contribution in [3.63, 3.8) is 0 Å². The van der Waals surface area contributed by atoms with E-state index >= 15 is 0 Å². The van der Waals surface area contributed by atoms with Crippen molar-refractivity contribution in [2.24, 2.45) is 5.92 Å². The lowest BCUT2D eigenvalue weighted by Crippen LogP contribution is -2.35. The van der Waals surface area contributed by atoms with Crippen LogP contribution >= 0.6 is 0 Å². The van der Waals surface area contributed by atoms with Gasteiger partial charge < -0.3 is 5.32 Å². The Balaban J connectivity index is 2.05. The first-order valence-corrected chi connectivity index (χ1v) is 8.12. The fourth-order valence-corrected chi connectivity index (χ4v) is 3.96. The van der Waals surface area contributed by atoms with E-state index in [1.807, 2.05) is 6.07 Å². The predicted molar refractivity (Wildman–Crippen MR) is 77.4 cm³/mol. The summed E-state index contributed by atoms with van der Waals surface area (Å²) in [7, 11) is -0.878. The van der Waals surface area contributed by atoms with Gasteiger partial charge in [-0.25, -0.2) is 0 Å². The Morgan fingerprint density at radius 3 is 2.67 bits per heavy atom. The van der Waals surface area contributed by atoms with Crippen LogP contribution in [0.2, 0.25) is 0 Å². The molecular weight excluding hydrogens is 242 g/mol. The maximum Gasteiger partial charge on any atom is 0.0548 e. The lowest BCUT2D eigenvalue weighted by molar-refractivity contribution is 0.514. The quantitative estimate of drug-likeness (QED) is 0.857. The van der Waals surface area contributed by atoms with Gasteiger partial charge in [-0.2, -0.15) is 0 Å². The van der Waals surface area contributed by atoms with Crippen molar-refractivity contribution in [3.05, 3.63) is 29.3 Å². The van der Waals surface area contributed by atoms with Gasteiger partial charge in [0.1, 0.15) is 0 Å². The summed E-state index contributed by atoms with van der Waals surface area (Å²) in [6.45, 7) is 7.21. The van der Waals surface area contributed by atoms with Crippen LogP contribution < -0.4 is 5.32 Å². The van der Waals surface area contributed by atoms with E-state index in [1.54, 1.807) is 0 Å². The molecule has 0 bridgehead atoms. The molecule has 1 saturated carbocycles. The average molecular weight is 265 g/mol. The fourth-order valence-electron chi connectivity index (χ4n) is 2.43. The second-order valence-corrected chi connectivity index (χ2v) is 6.75. The Morgan fingerprint density at radius 1 is 1.39 bits per heavy atom. The molecule has 0 aliphatic heterocycles. The molecule has 2 unspecified atom stereocenters. The summed E-state index contributed by atoms with van der Waals surface area (Å²) >= 11 is 0. The van der Waals surface area contributed by atoms with Crippen molar-refractivity contribution in [1.82, 2.24) is 5.32 Å². The Labute approximate surface area is 113 Å². The molecule has 1 N–H and O–H groups in total. The van der Waals surface area contributed by atoms with Gasteiger partial charge in [0.15, 0.2) is 0 Å². The van der Waals surface area contributed by atoms with Crippen LogP contribution in [0.3, 0.4) is 0 Å². The molecular formula is C15H23NOS. The van der Waals surface area contributed by atoms with E-state index in [-0.39, 0.29) is 0 Å². The van der Waals surface area contributed by atoms with E-state index in [4.69, 9.17) is 0 Å². The Bertz CT molecular complexity index is 440. The van der Waals surface area contributed by atoms with Gasteiger partial charge in [0.25, 0.3) is 0 Å². The van der Waals surface area contributed by atoms with Crippen LogP contribution in [0.1, 0.15) is 30.9 Å². The molecule has 0 amide bonds. The third-order valence-electron chi connectivity index (χ3n) is 3.56. The minimum atomic E-state index is -0.878. The Morgan fingerprint density at radius 2 is 2.11 bits per heavy atom. The molecule has 18 heavy (non-hydrogen) atoms. The molecule has 100 valence electrons. The number of benzene rings is 1. The molecule has 1 fully saturated rings. The second-order valence-electron chi connectivity index (χ2n) is 5.28. The average Bonchev–Trinajstić information content (AvgIpc) is 3.11. The molecule has 3 heteroatoms. The lowest BCUT2D eigenvalue weighted by Gasteiger charge is -2.17. The van der Waals surface area contributed by atoms with Crippen LogP contribution in [0.5, 0.6) is 0 Å². The molecule has 2 nitrogen and oxygen atoms in total. The highest BCUT2D eigenvalue weighted by atomic mass is 32.2. The molecule has 1 aromatic carbocycles. The van der Waals surface area contributed by atoms with Gasteiger partial charge >= 0.3 is 0 Å². The zero-order valence-electron chi connectivity index (χ0n) is 11.5. The largest absolute Gasteiger partial charge is 0.313 e. The topological polar surface area (TPSA) is 29.1 Å². The molecule has 0 spiro atoms. The van der Waals surface area contributed by atoms with Crippen LogP contribution in [0.4, 0.5) is 0 Å². The molecule has 1 aromatic rings. The number of nitrogens with one attached hydrogen (secondary N) is 1. The van der Waals surface area contributed by atoms with E-state index in [1.165, 1.54) is 18.4 Å². The highest BCUT2D eigenvalue weighted by Gasteiger charge is 2.32. The first kappa shape index (κ1) is 13.8. The summed E-state index contributed by atoms with van der Waals surface area (Å²) in [4.78, 5) is 1.00. The van der Waals surface area contributed by atoms with Crippen molar-refractivity contribution < 1.29 is 4.21 Å². The summed E-state index contributed by atoms with van der Waals surface area (Å²) in [5, 5.41) is 3.48. The van der Waals surface area contributed by atoms with Crippen molar-refractivity contribution in [1.29, 1.82) is 0 Å². The van der Waals surface area contributed by atoms with E-state index in [0.717, 1.165) is 28.7 Å². The van der Waals surface area contributed by atoms with Crippen LogP contribution in [0.15, 0.2) is 23.1 Å². The maximum absolute atomic E-state index is 12.5. The van der Waals surface area contributed by atoms with E-state index < -0.39 is 10.8 Å². The number of hydrogen-bond acceptors (Lipinski definition) is 2. The van der Waals surface area contributed by atoms with Crippen LogP contribution in [0, 0.1) is 19.8 Å². The Hall–Kier alpha value is -0.670. The summed E-state index contributed by atoms with van der Waals surface area (Å²) in [6.07, 6.45) is 2.59. The predicted octanol–water partition coefficient (Wildman–Crippen LogP) is 2.80. The van der Waals surface area contributed by atoms with Gasteiger partial charge in [-0.05, 0) is 50.8 Å². The third-order valence-corrected chi connectivity index (χ3v) is 5.17. The van der Waals surface area contributed by atoms with Gasteiger partial charge in [-0.1, -0.05) is 24.6 Å². The second kappa shape index (κ2) is 5.98. The monoisotopic (exact) mass is 265 g/mol. The Kier molecular flexibility index (Phi) is 4.57. The van der Waals surface area contributed by atoms with Crippen molar-refractivity contribution in [2.75, 3.05) is 12.3 Å². The molecule has 0 heterocycles. The summed E-state index contributed by atoms with van der Waals surface area (Å²) in [6, 6.07) is 6.62. The SMILES string of the molecule is CCNC(CS(=O)c1ccc(C)cc1C)C1CC1. The van der Waals surface area contributed by atoms with Crippen LogP contribution in [0.25, 0.3) is 0 Å². The molecule has 1 aliphatic carbocycles. The maximum atomic E-state index is 12.5. The van der Waals surface area contributed by atoms with E-state index in [0.29, 0.717) is 6.04 Å². The normalized spacial score (nSPS) is 18.6. The molecule has 2 rings (SSSR count). The molecule has 1 aliphatic rings. The standard InChI is InChI=1S/C15H23NOS/c1-4-16-14(13-6-7-13)10-18(17)15-8-5-11(2)9-12(15)3/h5,8-9,13-14,16H,4,6-7,10H2,1-3H3. The van der Waals surface area contributed by atoms with E-state index in [2.05, 4.69) is 38.2 Å². The summed E-state index contributed by atoms with van der Waals surface area (Å²) < 4.78 is 12.5. The van der Waals surface area contributed by atoms with Crippen molar-refractivity contribution >= 4 is 10.8 Å². The summed E-state index contributed by atoms with van der Waals surface area (Å²) in [5.41, 5.74) is 2.39. The van der Waals surface area contributed by atoms with Gasteiger partial charge in [0.2, 0.25) is 0 Å². The lowest BCUT2D eigenvalue weighted by atomic mass is 10.2. The minimum Gasteiger partial charge on any atom is -0.313 e. The zero-order chi connectivity index (χ0) is 13.1. The van der Waals surface area contributed by atoms with Gasteiger partial charge in [-0.15, -0.1) is 0 Å². The highest BCUT2D eigenvalue weighted by molar-refractivity contribution is 7.85. The van der Waals surface area contributed by atoms with Gasteiger partial charge in [0.05, 0.1) is 10.8 Å². The third kappa shape index (κ3) is 3.42. The zero-order valence-corrected chi connectivity index (χ0v) is 12.3. The van der Waals surface area contributed by atoms with Gasteiger partial charge in [0, 0.05) is 16.7 Å². The van der Waals surface area contributed by atoms with E-state index in [9.17, 15) is 4.21 Å². The molecule has 0 saturated heterocycles. The van der Waals surface area contributed by atoms with Crippen LogP contribution in [-0.4, -0.2) is 22.5 Å². The van der Waals surface area contributed by atoms with Crippen molar-refractivity contribution in [3.8, 4) is 0 Å². The minimum absolute atomic E-state index is 0.427. The number of rotatable bonds is 6. The van der Waals surface area contributed by atoms with Gasteiger partial charge in [-0.3, -0.25) is 4.21 Å². The molecule has 0 aromatic heterocycles. The first-order chi connectivity index (χ1) is 8.61. The fraction of sp³-hybridized carbons (Fsp3) is 0.600. The number of hydrogen-bond donors (Lipinski definition) is 1. The van der Waals surface area contributed by atoms with Crippen LogP contribution in [-0.2, 0) is 10.8 Å². The molecule has 2 atom stereocenters. The number of aryl methyl sites for hydroxylation is 2. The van der Waals surface area contributed by atoms with Crippen molar-refractivity contribution in [2.45, 2.75) is 44.6 Å². The first-order valence-electron chi connectivity index (χ1n) is 6.80. The highest BCUT2D eigenvalue weighted by Crippen LogP contribution is 2.33.